The van der Waals surface area contributed by atoms with Gasteiger partial charge in [-0.2, -0.15) is 10.4 Å². The van der Waals surface area contributed by atoms with Gasteiger partial charge in [-0.15, -0.1) is 11.3 Å². The number of carbonyl (C=O) groups excluding carboxylic acids is 1. The van der Waals surface area contributed by atoms with Crippen LogP contribution in [0, 0.1) is 18.3 Å². The number of hydrazone groups is 1. The van der Waals surface area contributed by atoms with Gasteiger partial charge in [0.1, 0.15) is 16.0 Å². The number of thiophene rings is 1. The number of carbonyl (C=O) groups is 1. The molecule has 0 spiro atoms. The Morgan fingerprint density at radius 3 is 2.69 bits per heavy atom. The van der Waals surface area contributed by atoms with E-state index in [-0.39, 0.29) is 15.5 Å². The van der Waals surface area contributed by atoms with E-state index < -0.39 is 15.9 Å². The van der Waals surface area contributed by atoms with Crippen molar-refractivity contribution in [1.82, 2.24) is 9.99 Å². The van der Waals surface area contributed by atoms with Gasteiger partial charge in [-0.25, -0.2) is 13.8 Å². The molecule has 2 heterocycles. The van der Waals surface area contributed by atoms with Gasteiger partial charge >= 0.3 is 0 Å². The standard InChI is InChI=1S/C19H17N5O3S2/c1-13-14(10-15(11-20)24(13)2)12-21-22-19(25)16-6-3-4-7-17(16)23-29(26,27)18-8-5-9-28-18/h3-10,12,23H,1-2H3,(H,22,25). The summed E-state index contributed by atoms with van der Waals surface area (Å²) in [6, 6.07) is 13.1. The van der Waals surface area contributed by atoms with E-state index in [1.807, 2.05) is 6.92 Å². The van der Waals surface area contributed by atoms with Crippen LogP contribution in [0.1, 0.15) is 27.3 Å². The van der Waals surface area contributed by atoms with Crippen LogP contribution in [0.4, 0.5) is 5.69 Å². The minimum Gasteiger partial charge on any atom is -0.339 e. The number of nitrogens with one attached hydrogen (secondary N) is 2. The smallest absolute Gasteiger partial charge is 0.273 e. The van der Waals surface area contributed by atoms with Gasteiger partial charge in [0.05, 0.1) is 17.5 Å². The van der Waals surface area contributed by atoms with Crippen molar-refractivity contribution < 1.29 is 13.2 Å². The number of nitriles is 1. The van der Waals surface area contributed by atoms with E-state index in [1.54, 1.807) is 41.3 Å². The van der Waals surface area contributed by atoms with E-state index in [0.717, 1.165) is 17.0 Å². The van der Waals surface area contributed by atoms with Crippen molar-refractivity contribution in [3.05, 3.63) is 70.4 Å². The highest BCUT2D eigenvalue weighted by molar-refractivity contribution is 7.94. The predicted molar refractivity (Wildman–Crippen MR) is 111 cm³/mol. The van der Waals surface area contributed by atoms with Crippen LogP contribution >= 0.6 is 11.3 Å². The summed E-state index contributed by atoms with van der Waals surface area (Å²) in [6.07, 6.45) is 1.44. The van der Waals surface area contributed by atoms with Gasteiger partial charge in [-0.1, -0.05) is 18.2 Å². The Hall–Kier alpha value is -3.42. The van der Waals surface area contributed by atoms with E-state index >= 15 is 0 Å². The lowest BCUT2D eigenvalue weighted by Crippen LogP contribution is -2.21. The third-order valence-electron chi connectivity index (χ3n) is 4.23. The first-order valence-electron chi connectivity index (χ1n) is 8.38. The number of para-hydroxylation sites is 1. The van der Waals surface area contributed by atoms with Crippen molar-refractivity contribution in [3.8, 4) is 6.07 Å². The second-order valence-corrected chi connectivity index (χ2v) is 8.88. The predicted octanol–water partition coefficient (Wildman–Crippen LogP) is 2.83. The highest BCUT2D eigenvalue weighted by atomic mass is 32.2. The summed E-state index contributed by atoms with van der Waals surface area (Å²) >= 11 is 1.08. The van der Waals surface area contributed by atoms with Gasteiger partial charge in [0.2, 0.25) is 0 Å². The molecule has 2 N–H and O–H groups in total. The molecule has 2 aromatic heterocycles. The molecular weight excluding hydrogens is 410 g/mol. The fraction of sp³-hybridized carbons (Fsp3) is 0.105. The molecule has 29 heavy (non-hydrogen) atoms. The number of anilines is 1. The third kappa shape index (κ3) is 4.37. The Kier molecular flexibility index (Phi) is 5.81. The van der Waals surface area contributed by atoms with Gasteiger partial charge in [-0.05, 0) is 36.6 Å². The summed E-state index contributed by atoms with van der Waals surface area (Å²) in [5, 5.41) is 14.7. The first-order valence-corrected chi connectivity index (χ1v) is 10.7. The van der Waals surface area contributed by atoms with Gasteiger partial charge in [-0.3, -0.25) is 9.52 Å². The highest BCUT2D eigenvalue weighted by Gasteiger charge is 2.19. The lowest BCUT2D eigenvalue weighted by atomic mass is 10.2. The molecule has 10 heteroatoms. The zero-order valence-electron chi connectivity index (χ0n) is 15.6. The summed E-state index contributed by atoms with van der Waals surface area (Å²) in [6.45, 7) is 1.83. The summed E-state index contributed by atoms with van der Waals surface area (Å²) < 4.78 is 29.2. The van der Waals surface area contributed by atoms with Crippen LogP contribution in [0.15, 0.2) is 57.2 Å². The van der Waals surface area contributed by atoms with Gasteiger partial charge < -0.3 is 4.57 Å². The molecule has 0 radical (unpaired) electrons. The largest absolute Gasteiger partial charge is 0.339 e. The Morgan fingerprint density at radius 2 is 2.03 bits per heavy atom. The molecule has 0 unspecified atom stereocenters. The van der Waals surface area contributed by atoms with Crippen molar-refractivity contribution in [2.45, 2.75) is 11.1 Å². The molecule has 1 aromatic carbocycles. The average Bonchev–Trinajstić information content (AvgIpc) is 3.33. The second kappa shape index (κ2) is 8.30. The Morgan fingerprint density at radius 1 is 1.28 bits per heavy atom. The Bertz CT molecular complexity index is 1220. The highest BCUT2D eigenvalue weighted by Crippen LogP contribution is 2.22. The molecule has 3 aromatic rings. The lowest BCUT2D eigenvalue weighted by molar-refractivity contribution is 0.0956. The number of benzene rings is 1. The minimum atomic E-state index is -3.78. The SMILES string of the molecule is Cc1c(C=NNC(=O)c2ccccc2NS(=O)(=O)c2cccs2)cc(C#N)n1C. The first kappa shape index (κ1) is 20.3. The normalized spacial score (nSPS) is 11.3. The van der Waals surface area contributed by atoms with Crippen molar-refractivity contribution in [3.63, 3.8) is 0 Å². The monoisotopic (exact) mass is 427 g/mol. The number of hydrogen-bond donors (Lipinski definition) is 2. The Balaban J connectivity index is 1.78. The number of aromatic nitrogens is 1. The van der Waals surface area contributed by atoms with Crippen molar-refractivity contribution in [2.24, 2.45) is 12.1 Å². The molecule has 0 aliphatic carbocycles. The molecule has 1 amide bonds. The maximum atomic E-state index is 12.5. The number of nitrogens with zero attached hydrogens (tertiary/aromatic N) is 3. The van der Waals surface area contributed by atoms with Gasteiger partial charge in [0.25, 0.3) is 15.9 Å². The molecule has 0 saturated carbocycles. The van der Waals surface area contributed by atoms with E-state index in [9.17, 15) is 13.2 Å². The molecule has 3 rings (SSSR count). The number of hydrogen-bond acceptors (Lipinski definition) is 6. The van der Waals surface area contributed by atoms with Crippen LogP contribution in [-0.2, 0) is 17.1 Å². The maximum absolute atomic E-state index is 12.5. The van der Waals surface area contributed by atoms with Crippen LogP contribution in [0.5, 0.6) is 0 Å². The minimum absolute atomic E-state index is 0.132. The topological polar surface area (TPSA) is 116 Å². The molecule has 8 nitrogen and oxygen atoms in total. The number of rotatable bonds is 6. The third-order valence-corrected chi connectivity index (χ3v) is 7.00. The molecule has 0 aliphatic heterocycles. The summed E-state index contributed by atoms with van der Waals surface area (Å²) in [5.74, 6) is -0.570. The molecule has 0 atom stereocenters. The van der Waals surface area contributed by atoms with Crippen molar-refractivity contribution in [1.29, 1.82) is 5.26 Å². The quantitative estimate of drug-likeness (QED) is 0.465. The van der Waals surface area contributed by atoms with E-state index in [4.69, 9.17) is 5.26 Å². The van der Waals surface area contributed by atoms with Crippen LogP contribution in [0.3, 0.4) is 0 Å². The van der Waals surface area contributed by atoms with Crippen molar-refractivity contribution in [2.75, 3.05) is 4.72 Å². The first-order chi connectivity index (χ1) is 13.8. The van der Waals surface area contributed by atoms with Crippen LogP contribution < -0.4 is 10.1 Å². The van der Waals surface area contributed by atoms with Gasteiger partial charge in [0, 0.05) is 18.3 Å². The zero-order valence-corrected chi connectivity index (χ0v) is 17.2. The van der Waals surface area contributed by atoms with Gasteiger partial charge in [0.15, 0.2) is 0 Å². The molecule has 0 saturated heterocycles. The van der Waals surface area contributed by atoms with E-state index in [0.29, 0.717) is 11.3 Å². The molecule has 0 fully saturated rings. The fourth-order valence-electron chi connectivity index (χ4n) is 2.56. The summed E-state index contributed by atoms with van der Waals surface area (Å²) in [5.41, 5.74) is 4.66. The van der Waals surface area contributed by atoms with Crippen molar-refractivity contribution >= 4 is 39.2 Å². The van der Waals surface area contributed by atoms with Crippen LogP contribution in [-0.4, -0.2) is 25.1 Å². The lowest BCUT2D eigenvalue weighted by Gasteiger charge is -2.10. The molecule has 148 valence electrons. The second-order valence-electron chi connectivity index (χ2n) is 6.02. The average molecular weight is 428 g/mol. The summed E-state index contributed by atoms with van der Waals surface area (Å²) in [7, 11) is -2.02. The van der Waals surface area contributed by atoms with E-state index in [2.05, 4.69) is 21.3 Å². The number of amides is 1. The Labute approximate surface area is 172 Å². The molecular formula is C19H17N5O3S2. The zero-order chi connectivity index (χ0) is 21.0. The summed E-state index contributed by atoms with van der Waals surface area (Å²) in [4.78, 5) is 12.5. The van der Waals surface area contributed by atoms with Crippen LogP contribution in [0.2, 0.25) is 0 Å². The molecule has 0 aliphatic rings. The van der Waals surface area contributed by atoms with Crippen LogP contribution in [0.25, 0.3) is 0 Å². The number of sulfonamides is 1. The maximum Gasteiger partial charge on any atom is 0.273 e. The fourth-order valence-corrected chi connectivity index (χ4v) is 4.64. The molecule has 0 bridgehead atoms. The van der Waals surface area contributed by atoms with E-state index in [1.165, 1.54) is 24.4 Å².